The van der Waals surface area contributed by atoms with Gasteiger partial charge in [-0.1, -0.05) is 0 Å². The summed E-state index contributed by atoms with van der Waals surface area (Å²) in [5.41, 5.74) is -0.253. The maximum absolute atomic E-state index is 10.3. The highest BCUT2D eigenvalue weighted by Crippen LogP contribution is 2.43. The summed E-state index contributed by atoms with van der Waals surface area (Å²) in [5, 5.41) is 8.40. The molecule has 0 aromatic heterocycles. The van der Waals surface area contributed by atoms with Crippen molar-refractivity contribution < 1.29 is 19.0 Å². The molecule has 0 aromatic carbocycles. The predicted octanol–water partition coefficient (Wildman–Crippen LogP) is 0.438. The van der Waals surface area contributed by atoms with E-state index in [2.05, 4.69) is 4.99 Å². The zero-order valence-electron chi connectivity index (χ0n) is 5.60. The lowest BCUT2D eigenvalue weighted by molar-refractivity contribution is -0.129. The van der Waals surface area contributed by atoms with Crippen LogP contribution < -0.4 is 0 Å². The maximum atomic E-state index is 10.3. The van der Waals surface area contributed by atoms with E-state index < -0.39 is 16.6 Å². The van der Waals surface area contributed by atoms with Crippen molar-refractivity contribution in [3.63, 3.8) is 0 Å². The van der Waals surface area contributed by atoms with Crippen LogP contribution in [0.2, 0.25) is 0 Å². The quantitative estimate of drug-likeness (QED) is 0.543. The summed E-state index contributed by atoms with van der Waals surface area (Å²) in [6.45, 7) is 0.167. The summed E-state index contributed by atoms with van der Waals surface area (Å²) in [6.07, 6.45) is 0. The minimum Gasteiger partial charge on any atom is -0.477 e. The summed E-state index contributed by atoms with van der Waals surface area (Å²) in [5.74, 6) is -0.174. The van der Waals surface area contributed by atoms with Crippen molar-refractivity contribution >= 4 is 22.3 Å². The Morgan fingerprint density at radius 2 is 2.27 bits per heavy atom. The van der Waals surface area contributed by atoms with E-state index in [0.717, 1.165) is 5.75 Å². The molecule has 6 heteroatoms. The van der Waals surface area contributed by atoms with E-state index in [-0.39, 0.29) is 18.0 Å². The molecule has 0 amide bonds. The molecule has 63 valence electrons. The number of carboxylic acid groups (broad SMARTS) is 1. The molecule has 11 heavy (non-hydrogen) atoms. The normalized spacial score (nSPS) is 25.5. The molecule has 0 saturated heterocycles. The van der Waals surface area contributed by atoms with E-state index in [4.69, 9.17) is 14.2 Å². The Morgan fingerprint density at radius 1 is 1.64 bits per heavy atom. The summed E-state index contributed by atoms with van der Waals surface area (Å²) in [4.78, 5) is 13.9. The van der Waals surface area contributed by atoms with Crippen molar-refractivity contribution in [1.82, 2.24) is 0 Å². The van der Waals surface area contributed by atoms with Crippen LogP contribution in [-0.4, -0.2) is 38.2 Å². The van der Waals surface area contributed by atoms with Crippen molar-refractivity contribution in [2.75, 3.05) is 12.3 Å². The number of hydrogen-bond donors (Lipinski definition) is 3. The van der Waals surface area contributed by atoms with Gasteiger partial charge in [0.1, 0.15) is 11.5 Å². The van der Waals surface area contributed by atoms with Crippen LogP contribution in [0.25, 0.3) is 0 Å². The van der Waals surface area contributed by atoms with E-state index >= 15 is 0 Å². The van der Waals surface area contributed by atoms with Gasteiger partial charge >= 0.3 is 5.97 Å². The molecule has 0 aliphatic carbocycles. The van der Waals surface area contributed by atoms with Crippen LogP contribution in [0.5, 0.6) is 0 Å². The first-order valence-electron chi connectivity index (χ1n) is 2.90. The van der Waals surface area contributed by atoms with Gasteiger partial charge in [0.2, 0.25) is 0 Å². The Kier molecular flexibility index (Phi) is 2.17. The predicted molar refractivity (Wildman–Crippen MR) is 42.0 cm³/mol. The number of aliphatic imine (C=N–C) groups is 1. The third kappa shape index (κ3) is 2.18. The molecule has 1 aliphatic rings. The molecule has 5 nitrogen and oxygen atoms in total. The maximum Gasteiger partial charge on any atom is 0.351 e. The average Bonchev–Trinajstić information content (AvgIpc) is 1.85. The summed E-state index contributed by atoms with van der Waals surface area (Å²) >= 11 is 0. The van der Waals surface area contributed by atoms with E-state index in [9.17, 15) is 4.79 Å². The monoisotopic (exact) mass is 178 g/mol. The third-order valence-corrected chi connectivity index (χ3v) is 2.58. The van der Waals surface area contributed by atoms with Crippen LogP contribution >= 0.6 is 10.6 Å². The average molecular weight is 178 g/mol. The van der Waals surface area contributed by atoms with E-state index in [1.54, 1.807) is 0 Å². The fraction of sp³-hybridized carbons (Fsp3) is 0.400. The van der Waals surface area contributed by atoms with E-state index in [1.807, 2.05) is 0 Å². The molecule has 0 atom stereocenters. The van der Waals surface area contributed by atoms with E-state index in [0.29, 0.717) is 0 Å². The number of rotatable bonds is 1. The summed E-state index contributed by atoms with van der Waals surface area (Å²) < 4.78 is 18.1. The number of aliphatic carboxylic acids is 1. The number of hydrogen-bond acceptors (Lipinski definition) is 4. The first-order valence-corrected chi connectivity index (χ1v) is 4.67. The van der Waals surface area contributed by atoms with Gasteiger partial charge in [0.25, 0.3) is 0 Å². The van der Waals surface area contributed by atoms with Gasteiger partial charge in [0.15, 0.2) is 0 Å². The highest BCUT2D eigenvalue weighted by molar-refractivity contribution is 8.26. The van der Waals surface area contributed by atoms with Crippen molar-refractivity contribution in [1.29, 1.82) is 0 Å². The van der Waals surface area contributed by atoms with Gasteiger partial charge in [0.05, 0.1) is 12.3 Å². The van der Waals surface area contributed by atoms with Crippen molar-refractivity contribution in [3.8, 4) is 0 Å². The van der Waals surface area contributed by atoms with Gasteiger partial charge in [-0.3, -0.25) is 14.1 Å². The highest BCUT2D eigenvalue weighted by Gasteiger charge is 2.24. The SMILES string of the molecule is O=C(O)C1=NCCS(O)(O)[CH]1. The molecule has 3 N–H and O–H groups in total. The minimum absolute atomic E-state index is 0.129. The molecule has 0 aromatic rings. The number of nitrogens with zero attached hydrogens (tertiary/aromatic N) is 1. The van der Waals surface area contributed by atoms with E-state index in [1.165, 1.54) is 0 Å². The Labute approximate surface area is 65.1 Å². The number of carbonyl (C=O) groups is 1. The van der Waals surface area contributed by atoms with Crippen molar-refractivity contribution in [2.24, 2.45) is 4.99 Å². The molecule has 1 aliphatic heterocycles. The molecular weight excluding hydrogens is 170 g/mol. The molecule has 0 spiro atoms. The Balaban J connectivity index is 2.71. The van der Waals surface area contributed by atoms with Crippen LogP contribution in [-0.2, 0) is 4.79 Å². The first-order chi connectivity index (χ1) is 5.01. The summed E-state index contributed by atoms with van der Waals surface area (Å²) in [6, 6.07) is 0. The van der Waals surface area contributed by atoms with Gasteiger partial charge in [-0.2, -0.15) is 10.6 Å². The van der Waals surface area contributed by atoms with Gasteiger partial charge in [-0.05, 0) is 0 Å². The van der Waals surface area contributed by atoms with Gasteiger partial charge < -0.3 is 5.11 Å². The molecule has 1 heterocycles. The molecule has 0 fully saturated rings. The second-order valence-corrected chi connectivity index (χ2v) is 4.19. The van der Waals surface area contributed by atoms with Gasteiger partial charge in [0, 0.05) is 0 Å². The lowest BCUT2D eigenvalue weighted by Crippen LogP contribution is -2.24. The third-order valence-electron chi connectivity index (χ3n) is 1.19. The smallest absolute Gasteiger partial charge is 0.351 e. The molecule has 0 unspecified atom stereocenters. The Bertz CT molecular complexity index is 213. The second kappa shape index (κ2) is 2.80. The van der Waals surface area contributed by atoms with Crippen LogP contribution in [0.4, 0.5) is 0 Å². The molecule has 1 radical (unpaired) electrons. The molecule has 0 bridgehead atoms. The standard InChI is InChI=1S/C5H8NO4S/c7-5(8)4-3-11(9,10)2-1-6-4/h3,9-10H,1-2H2,(H,7,8). The van der Waals surface area contributed by atoms with Crippen LogP contribution in [0.3, 0.4) is 0 Å². The highest BCUT2D eigenvalue weighted by atomic mass is 32.3. The largest absolute Gasteiger partial charge is 0.477 e. The first kappa shape index (κ1) is 8.51. The summed E-state index contributed by atoms with van der Waals surface area (Å²) in [7, 11) is -2.81. The zero-order valence-corrected chi connectivity index (χ0v) is 6.41. The van der Waals surface area contributed by atoms with Crippen LogP contribution in [0.1, 0.15) is 0 Å². The van der Waals surface area contributed by atoms with Gasteiger partial charge in [-0.15, -0.1) is 0 Å². The van der Waals surface area contributed by atoms with Gasteiger partial charge in [-0.25, -0.2) is 4.79 Å². The molecule has 1 rings (SSSR count). The number of carboxylic acids is 1. The molecular formula is C5H8NO4S. The second-order valence-electron chi connectivity index (χ2n) is 2.11. The van der Waals surface area contributed by atoms with Crippen molar-refractivity contribution in [3.05, 3.63) is 5.75 Å². The fourth-order valence-corrected chi connectivity index (χ4v) is 1.70. The fourth-order valence-electron chi connectivity index (χ4n) is 0.693. The zero-order chi connectivity index (χ0) is 8.48. The Hall–Kier alpha value is -0.590. The lowest BCUT2D eigenvalue weighted by atomic mass is 10.4. The lowest BCUT2D eigenvalue weighted by Gasteiger charge is -2.33. The topological polar surface area (TPSA) is 90.1 Å². The van der Waals surface area contributed by atoms with Crippen molar-refractivity contribution in [2.45, 2.75) is 0 Å². The van der Waals surface area contributed by atoms with Crippen LogP contribution in [0.15, 0.2) is 4.99 Å². The minimum atomic E-state index is -2.81. The Morgan fingerprint density at radius 3 is 2.64 bits per heavy atom. The molecule has 0 saturated carbocycles. The van der Waals surface area contributed by atoms with Crippen LogP contribution in [0, 0.1) is 5.75 Å².